The maximum atomic E-state index is 12.4. The number of aromatic amines is 1. The molecule has 0 aliphatic heterocycles. The van der Waals surface area contributed by atoms with E-state index < -0.39 is 0 Å². The summed E-state index contributed by atoms with van der Waals surface area (Å²) in [4.78, 5) is 22.4. The Morgan fingerprint density at radius 1 is 1.17 bits per heavy atom. The van der Waals surface area contributed by atoms with Gasteiger partial charge in [-0.05, 0) is 24.3 Å². The molecule has 0 saturated carbocycles. The zero-order valence-electron chi connectivity index (χ0n) is 12.8. The van der Waals surface area contributed by atoms with Gasteiger partial charge in [-0.2, -0.15) is 5.10 Å². The van der Waals surface area contributed by atoms with Crippen molar-refractivity contribution in [3.8, 4) is 11.3 Å². The van der Waals surface area contributed by atoms with Crippen molar-refractivity contribution < 1.29 is 4.79 Å². The maximum Gasteiger partial charge on any atom is 0.260 e. The van der Waals surface area contributed by atoms with Crippen LogP contribution in [0.15, 0.2) is 48.9 Å². The monoisotopic (exact) mass is 308 g/mol. The summed E-state index contributed by atoms with van der Waals surface area (Å²) in [7, 11) is 3.68. The minimum absolute atomic E-state index is 0.255. The van der Waals surface area contributed by atoms with Crippen LogP contribution in [0.2, 0.25) is 0 Å². The maximum absolute atomic E-state index is 12.4. The van der Waals surface area contributed by atoms with Gasteiger partial charge in [0.05, 0.1) is 11.3 Å². The molecular formula is C16H16N6O. The van der Waals surface area contributed by atoms with Crippen molar-refractivity contribution in [1.82, 2.24) is 20.2 Å². The molecule has 23 heavy (non-hydrogen) atoms. The minimum atomic E-state index is -0.255. The molecule has 3 rings (SSSR count). The molecular weight excluding hydrogens is 292 g/mol. The Morgan fingerprint density at radius 2 is 1.96 bits per heavy atom. The Hall–Kier alpha value is -3.22. The van der Waals surface area contributed by atoms with Crippen LogP contribution in [0.3, 0.4) is 0 Å². The van der Waals surface area contributed by atoms with Gasteiger partial charge < -0.3 is 10.2 Å². The molecule has 2 N–H and O–H groups in total. The fourth-order valence-electron chi connectivity index (χ4n) is 2.18. The SMILES string of the molecule is CN(C)c1ncccc1C(=O)Nc1cc(-c2ccncc2)[nH]n1. The number of hydrogen-bond acceptors (Lipinski definition) is 5. The molecule has 0 aliphatic carbocycles. The fourth-order valence-corrected chi connectivity index (χ4v) is 2.18. The number of nitrogens with zero attached hydrogens (tertiary/aromatic N) is 4. The Morgan fingerprint density at radius 3 is 2.70 bits per heavy atom. The van der Waals surface area contributed by atoms with Crippen LogP contribution in [-0.4, -0.2) is 40.2 Å². The molecule has 0 saturated heterocycles. The Labute approximate surface area is 133 Å². The zero-order chi connectivity index (χ0) is 16.2. The first-order valence-electron chi connectivity index (χ1n) is 7.04. The van der Waals surface area contributed by atoms with Crippen molar-refractivity contribution in [3.05, 3.63) is 54.5 Å². The highest BCUT2D eigenvalue weighted by Gasteiger charge is 2.15. The smallest absolute Gasteiger partial charge is 0.260 e. The lowest BCUT2D eigenvalue weighted by atomic mass is 10.2. The molecule has 116 valence electrons. The summed E-state index contributed by atoms with van der Waals surface area (Å²) in [6, 6.07) is 8.97. The first-order chi connectivity index (χ1) is 11.1. The lowest BCUT2D eigenvalue weighted by molar-refractivity contribution is 0.102. The lowest BCUT2D eigenvalue weighted by Gasteiger charge is -2.14. The number of anilines is 2. The van der Waals surface area contributed by atoms with Crippen molar-refractivity contribution in [1.29, 1.82) is 0 Å². The van der Waals surface area contributed by atoms with Crippen LogP contribution < -0.4 is 10.2 Å². The van der Waals surface area contributed by atoms with Gasteiger partial charge in [-0.15, -0.1) is 0 Å². The van der Waals surface area contributed by atoms with Gasteiger partial charge in [0.2, 0.25) is 0 Å². The number of amides is 1. The van der Waals surface area contributed by atoms with Gasteiger partial charge >= 0.3 is 0 Å². The third-order valence-corrected chi connectivity index (χ3v) is 3.27. The van der Waals surface area contributed by atoms with Gasteiger partial charge in [-0.25, -0.2) is 4.98 Å². The van der Waals surface area contributed by atoms with Crippen LogP contribution in [0.25, 0.3) is 11.3 Å². The second-order valence-corrected chi connectivity index (χ2v) is 5.13. The highest BCUT2D eigenvalue weighted by atomic mass is 16.1. The van der Waals surface area contributed by atoms with Gasteiger partial charge in [0, 0.05) is 44.3 Å². The van der Waals surface area contributed by atoms with E-state index in [4.69, 9.17) is 0 Å². The topological polar surface area (TPSA) is 86.8 Å². The van der Waals surface area contributed by atoms with E-state index in [1.807, 2.05) is 26.2 Å². The van der Waals surface area contributed by atoms with Crippen LogP contribution in [0, 0.1) is 0 Å². The van der Waals surface area contributed by atoms with Crippen LogP contribution in [0.4, 0.5) is 11.6 Å². The van der Waals surface area contributed by atoms with Crippen molar-refractivity contribution in [2.45, 2.75) is 0 Å². The van der Waals surface area contributed by atoms with E-state index in [2.05, 4.69) is 25.5 Å². The molecule has 7 heteroatoms. The zero-order valence-corrected chi connectivity index (χ0v) is 12.8. The summed E-state index contributed by atoms with van der Waals surface area (Å²) in [5.74, 6) is 0.805. The molecule has 3 aromatic rings. The first-order valence-corrected chi connectivity index (χ1v) is 7.04. The number of rotatable bonds is 4. The number of carbonyl (C=O) groups excluding carboxylic acids is 1. The molecule has 1 amide bonds. The van der Waals surface area contributed by atoms with Crippen LogP contribution in [0.5, 0.6) is 0 Å². The molecule has 0 spiro atoms. The third kappa shape index (κ3) is 3.18. The van der Waals surface area contributed by atoms with Crippen molar-refractivity contribution in [2.24, 2.45) is 0 Å². The second kappa shape index (κ2) is 6.27. The van der Waals surface area contributed by atoms with Gasteiger partial charge in [0.15, 0.2) is 5.82 Å². The molecule has 3 heterocycles. The number of pyridine rings is 2. The summed E-state index contributed by atoms with van der Waals surface area (Å²) in [5.41, 5.74) is 2.25. The average Bonchev–Trinajstić information content (AvgIpc) is 3.04. The van der Waals surface area contributed by atoms with E-state index in [9.17, 15) is 4.79 Å². The third-order valence-electron chi connectivity index (χ3n) is 3.27. The molecule has 0 atom stereocenters. The first kappa shape index (κ1) is 14.7. The van der Waals surface area contributed by atoms with E-state index in [0.29, 0.717) is 17.2 Å². The molecule has 0 unspecified atom stereocenters. The highest BCUT2D eigenvalue weighted by molar-refractivity contribution is 6.07. The normalized spacial score (nSPS) is 10.3. The highest BCUT2D eigenvalue weighted by Crippen LogP contribution is 2.20. The summed E-state index contributed by atoms with van der Waals surface area (Å²) < 4.78 is 0. The summed E-state index contributed by atoms with van der Waals surface area (Å²) >= 11 is 0. The Bertz CT molecular complexity index is 812. The summed E-state index contributed by atoms with van der Waals surface area (Å²) in [6.07, 6.45) is 5.06. The number of H-pyrrole nitrogens is 1. The minimum Gasteiger partial charge on any atom is -0.362 e. The molecule has 0 aliphatic rings. The number of carbonyl (C=O) groups is 1. The van der Waals surface area contributed by atoms with Gasteiger partial charge in [-0.1, -0.05) is 0 Å². The van der Waals surface area contributed by atoms with E-state index in [1.54, 1.807) is 41.7 Å². The number of aromatic nitrogens is 4. The molecule has 0 aromatic carbocycles. The average molecular weight is 308 g/mol. The summed E-state index contributed by atoms with van der Waals surface area (Å²) in [5, 5.41) is 9.80. The van der Waals surface area contributed by atoms with E-state index in [-0.39, 0.29) is 5.91 Å². The van der Waals surface area contributed by atoms with Crippen LogP contribution in [-0.2, 0) is 0 Å². The van der Waals surface area contributed by atoms with Crippen LogP contribution >= 0.6 is 0 Å². The molecule has 0 fully saturated rings. The quantitative estimate of drug-likeness (QED) is 0.771. The molecule has 3 aromatic heterocycles. The molecule has 0 bridgehead atoms. The van der Waals surface area contributed by atoms with Crippen molar-refractivity contribution >= 4 is 17.5 Å². The number of hydrogen-bond donors (Lipinski definition) is 2. The summed E-state index contributed by atoms with van der Waals surface area (Å²) in [6.45, 7) is 0. The molecule has 0 radical (unpaired) electrons. The standard InChI is InChI=1S/C16H16N6O/c1-22(2)15-12(4-3-7-18-15)16(23)19-14-10-13(20-21-14)11-5-8-17-9-6-11/h3-10H,1-2H3,(H2,19,20,21,23). The van der Waals surface area contributed by atoms with E-state index in [1.165, 1.54) is 0 Å². The Balaban J connectivity index is 1.81. The Kier molecular flexibility index (Phi) is 4.01. The van der Waals surface area contributed by atoms with Crippen molar-refractivity contribution in [3.63, 3.8) is 0 Å². The predicted molar refractivity (Wildman–Crippen MR) is 88.3 cm³/mol. The van der Waals surface area contributed by atoms with Crippen molar-refractivity contribution in [2.75, 3.05) is 24.3 Å². The van der Waals surface area contributed by atoms with Gasteiger partial charge in [0.25, 0.3) is 5.91 Å². The lowest BCUT2D eigenvalue weighted by Crippen LogP contribution is -2.19. The van der Waals surface area contributed by atoms with E-state index in [0.717, 1.165) is 11.3 Å². The molecule has 7 nitrogen and oxygen atoms in total. The van der Waals surface area contributed by atoms with Gasteiger partial charge in [-0.3, -0.25) is 14.9 Å². The second-order valence-electron chi connectivity index (χ2n) is 5.13. The largest absolute Gasteiger partial charge is 0.362 e. The number of nitrogens with one attached hydrogen (secondary N) is 2. The van der Waals surface area contributed by atoms with Crippen LogP contribution in [0.1, 0.15) is 10.4 Å². The predicted octanol–water partition coefficient (Wildman–Crippen LogP) is 2.18. The fraction of sp³-hybridized carbons (Fsp3) is 0.125. The van der Waals surface area contributed by atoms with E-state index >= 15 is 0 Å². The van der Waals surface area contributed by atoms with Gasteiger partial charge in [0.1, 0.15) is 5.82 Å².